The van der Waals surface area contributed by atoms with E-state index in [1.54, 1.807) is 0 Å². The van der Waals surface area contributed by atoms with Gasteiger partial charge in [0.25, 0.3) is 0 Å². The third kappa shape index (κ3) is 45.9. The Bertz CT molecular complexity index is 3330. The average Bonchev–Trinajstić information content (AvgIpc) is 0.836. The summed E-state index contributed by atoms with van der Waals surface area (Å²) in [7, 11) is 19.5. The molecule has 12 atom stereocenters. The first kappa shape index (κ1) is 131. The maximum Gasteiger partial charge on any atom is 0.226 e. The van der Waals surface area contributed by atoms with Gasteiger partial charge in [0, 0.05) is 198 Å². The number of carbonyl (C=O) groups excluding carboxylic acids is 12. The van der Waals surface area contributed by atoms with Gasteiger partial charge in [-0.15, -0.1) is 0 Å². The Kier molecular flexibility index (Phi) is 61.0. The first-order valence-corrected chi connectivity index (χ1v) is 55.1. The summed E-state index contributed by atoms with van der Waals surface area (Å²) in [5, 5.41) is 0. The summed E-state index contributed by atoms with van der Waals surface area (Å²) >= 11 is 0. The lowest BCUT2D eigenvalue weighted by molar-refractivity contribution is -0.145. The molecule has 24 heteroatoms. The minimum atomic E-state index is -0.361. The van der Waals surface area contributed by atoms with Crippen LogP contribution in [0.2, 0.25) is 0 Å². The van der Waals surface area contributed by atoms with Crippen molar-refractivity contribution in [2.45, 2.75) is 360 Å². The van der Waals surface area contributed by atoms with Gasteiger partial charge in [0.1, 0.15) is 34.7 Å². The Morgan fingerprint density at radius 3 is 0.428 bits per heavy atom. The number of amides is 6. The quantitative estimate of drug-likeness (QED) is 0.0551. The van der Waals surface area contributed by atoms with Crippen LogP contribution in [0.15, 0.2) is 0 Å². The summed E-state index contributed by atoms with van der Waals surface area (Å²) in [6, 6.07) is 0. The third-order valence-electron chi connectivity index (χ3n) is 30.4. The van der Waals surface area contributed by atoms with Crippen LogP contribution in [0.5, 0.6) is 0 Å². The standard InChI is InChI=1S/2C20H38N2O2.2C19H36N2O2.2C18H34N2O2/c2*1-7-22(8-2)15-11-14-21(6)19(24)17-13-10-9-12-16(17)18(23)20(3,4)5;2*1-7-21(8-2)14-13-20(6)18(23)16-12-10-9-11-15(16)17(22)19(3,4)5;2*1-18(2,3)16(21)14-10-7-8-11-15(14)17(22)20(6)13-9-12-19(4)5/h2*16-17H,7-15H2,1-6H3;2*15-16H,7-14H2,1-6H3;2*14-15H,7-13H2,1-6H3/t2*16-,17+;2*15-,16+;2*14-,15+/m101010/s1. The minimum Gasteiger partial charge on any atom is -0.345 e. The number of hydrogen-bond acceptors (Lipinski definition) is 18. The van der Waals surface area contributed by atoms with Crippen LogP contribution in [0.4, 0.5) is 0 Å². The van der Waals surface area contributed by atoms with E-state index < -0.39 is 0 Å². The van der Waals surface area contributed by atoms with Gasteiger partial charge in [-0.1, -0.05) is 257 Å². The van der Waals surface area contributed by atoms with Crippen LogP contribution in [-0.2, 0) is 57.5 Å². The van der Waals surface area contributed by atoms with Crippen LogP contribution in [0.1, 0.15) is 360 Å². The largest absolute Gasteiger partial charge is 0.345 e. The van der Waals surface area contributed by atoms with E-state index >= 15 is 0 Å². The molecule has 0 aromatic heterocycles. The number of nitrogens with zero attached hydrogens (tertiary/aromatic N) is 12. The lowest BCUT2D eigenvalue weighted by atomic mass is 9.70. The molecule has 0 radical (unpaired) electrons. The highest BCUT2D eigenvalue weighted by molar-refractivity contribution is 5.96. The number of carbonyl (C=O) groups is 12. The first-order chi connectivity index (χ1) is 64.2. The SMILES string of the molecule is CCN(CC)CCCN(C)C(=O)[C@@H]1CCCC[C@@H]1C(=O)C(C)(C)C.CCN(CC)CCCN(C)C(=O)[C@H]1CCCC[C@H]1C(=O)C(C)(C)C.CCN(CC)CCN(C)C(=O)[C@@H]1CCCC[C@@H]1C(=O)C(C)(C)C.CCN(CC)CCN(C)C(=O)[C@H]1CCCC[C@H]1C(=O)C(C)(C)C.CN(C)CCCN(C)C(=O)[C@@H]1CCCC[C@@H]1C(=O)C(C)(C)C.CN(C)CCCN(C)C(=O)[C@H]1CCCC[C@H]1C(=O)C(C)(C)C. The fraction of sp³-hybridized carbons (Fsp3) is 0.895. The topological polar surface area (TPSA) is 244 Å². The molecule has 0 aromatic rings. The monoisotopic (exact) mass is 1950 g/mol. The van der Waals surface area contributed by atoms with Crippen molar-refractivity contribution in [1.29, 1.82) is 0 Å². The van der Waals surface area contributed by atoms with Crippen molar-refractivity contribution in [2.75, 3.05) is 201 Å². The summed E-state index contributed by atoms with van der Waals surface area (Å²) in [4.78, 5) is 178. The van der Waals surface area contributed by atoms with Crippen LogP contribution in [0, 0.1) is 104 Å². The lowest BCUT2D eigenvalue weighted by Crippen LogP contribution is -2.45. The summed E-state index contributed by atoms with van der Waals surface area (Å²) in [5.41, 5.74) is -2.15. The van der Waals surface area contributed by atoms with Crippen LogP contribution in [0.25, 0.3) is 0 Å². The highest BCUT2D eigenvalue weighted by atomic mass is 16.2. The maximum atomic E-state index is 12.9. The molecule has 138 heavy (non-hydrogen) atoms. The summed E-state index contributed by atoms with van der Waals surface area (Å²) in [6.45, 7) is 71.3. The van der Waals surface area contributed by atoms with Crippen molar-refractivity contribution in [3.63, 3.8) is 0 Å². The number of Topliss-reactive ketones (excluding diaryl/α,β-unsaturated/α-hetero) is 6. The molecule has 0 spiro atoms. The van der Waals surface area contributed by atoms with Gasteiger partial charge < -0.3 is 58.8 Å². The number of ketones is 6. The molecule has 0 bridgehead atoms. The molecule has 0 heterocycles. The number of hydrogen-bond donors (Lipinski definition) is 0. The Morgan fingerprint density at radius 1 is 0.174 bits per heavy atom. The van der Waals surface area contributed by atoms with Crippen LogP contribution >= 0.6 is 0 Å². The zero-order valence-corrected chi connectivity index (χ0v) is 96.1. The van der Waals surface area contributed by atoms with Gasteiger partial charge in [-0.05, 0) is 209 Å². The van der Waals surface area contributed by atoms with Gasteiger partial charge in [-0.2, -0.15) is 0 Å². The normalized spacial score (nSPS) is 22.2. The molecule has 0 aliphatic heterocycles. The third-order valence-corrected chi connectivity index (χ3v) is 30.4. The van der Waals surface area contributed by atoms with Gasteiger partial charge in [-0.3, -0.25) is 57.5 Å². The van der Waals surface area contributed by atoms with Crippen LogP contribution in [-0.4, -0.2) is 330 Å². The second-order valence-electron chi connectivity index (χ2n) is 48.4. The molecule has 0 unspecified atom stereocenters. The van der Waals surface area contributed by atoms with Crippen molar-refractivity contribution in [2.24, 2.45) is 104 Å². The predicted molar refractivity (Wildman–Crippen MR) is 572 cm³/mol. The molecule has 0 aromatic carbocycles. The lowest BCUT2D eigenvalue weighted by Gasteiger charge is -2.36. The Morgan fingerprint density at radius 2 is 0.297 bits per heavy atom. The van der Waals surface area contributed by atoms with Gasteiger partial charge in [0.15, 0.2) is 0 Å². The molecule has 6 aliphatic carbocycles. The second-order valence-corrected chi connectivity index (χ2v) is 48.4. The first-order valence-electron chi connectivity index (χ1n) is 55.1. The van der Waals surface area contributed by atoms with Gasteiger partial charge in [-0.25, -0.2) is 0 Å². The highest BCUT2D eigenvalue weighted by Gasteiger charge is 2.48. The molecular weight excluding hydrogens is 1730 g/mol. The van der Waals surface area contributed by atoms with E-state index in [2.05, 4.69) is 84.8 Å². The van der Waals surface area contributed by atoms with Crippen molar-refractivity contribution in [1.82, 2.24) is 58.8 Å². The molecule has 6 saturated carbocycles. The van der Waals surface area contributed by atoms with Crippen molar-refractivity contribution < 1.29 is 57.5 Å². The summed E-state index contributed by atoms with van der Waals surface area (Å²) < 4.78 is 0. The number of likely N-dealkylation sites (N-methyl/N-ethyl adjacent to an activating group) is 4. The zero-order valence-electron chi connectivity index (χ0n) is 96.1. The van der Waals surface area contributed by atoms with E-state index in [9.17, 15) is 57.5 Å². The molecular formula is C114H216N12O12. The minimum absolute atomic E-state index is 0.0856. The number of rotatable bonds is 42. The summed E-state index contributed by atoms with van der Waals surface area (Å²) in [6.07, 6.45) is 27.2. The molecule has 6 fully saturated rings. The van der Waals surface area contributed by atoms with E-state index in [0.717, 1.165) is 311 Å². The molecule has 804 valence electrons. The summed E-state index contributed by atoms with van der Waals surface area (Å²) in [5.74, 6) is 1.39. The van der Waals surface area contributed by atoms with Crippen LogP contribution < -0.4 is 0 Å². The molecule has 0 saturated heterocycles. The Labute approximate surface area is 846 Å². The van der Waals surface area contributed by atoms with Gasteiger partial charge in [0.05, 0.1) is 0 Å². The molecule has 0 N–H and O–H groups in total. The second kappa shape index (κ2) is 64.5. The molecule has 6 rings (SSSR count). The van der Waals surface area contributed by atoms with E-state index in [4.69, 9.17) is 0 Å². The van der Waals surface area contributed by atoms with Gasteiger partial charge >= 0.3 is 0 Å². The fourth-order valence-electron chi connectivity index (χ4n) is 21.2. The van der Waals surface area contributed by atoms with E-state index in [1.165, 1.54) is 0 Å². The highest BCUT2D eigenvalue weighted by Crippen LogP contribution is 2.43. The van der Waals surface area contributed by atoms with Crippen molar-refractivity contribution >= 4 is 70.1 Å². The maximum absolute atomic E-state index is 12.9. The van der Waals surface area contributed by atoms with E-state index in [0.29, 0.717) is 0 Å². The smallest absolute Gasteiger partial charge is 0.226 e. The Balaban J connectivity index is 0.000000828. The van der Waals surface area contributed by atoms with E-state index in [1.807, 2.05) is 225 Å². The van der Waals surface area contributed by atoms with E-state index in [-0.39, 0.29) is 174 Å². The van der Waals surface area contributed by atoms with Crippen LogP contribution in [0.3, 0.4) is 0 Å². The van der Waals surface area contributed by atoms with Gasteiger partial charge in [0.2, 0.25) is 35.4 Å². The van der Waals surface area contributed by atoms with Crippen molar-refractivity contribution in [3.8, 4) is 0 Å². The molecule has 6 aliphatic rings. The average molecular weight is 1950 g/mol. The zero-order chi connectivity index (χ0) is 106. The molecule has 6 amide bonds. The predicted octanol–water partition coefficient (Wildman–Crippen LogP) is 19.2. The fourth-order valence-corrected chi connectivity index (χ4v) is 21.2. The molecule has 24 nitrogen and oxygen atoms in total. The van der Waals surface area contributed by atoms with Crippen molar-refractivity contribution in [3.05, 3.63) is 0 Å². The Hall–Kier alpha value is -5.40.